The van der Waals surface area contributed by atoms with Gasteiger partial charge in [-0.25, -0.2) is 4.39 Å². The molecule has 0 unspecified atom stereocenters. The molecule has 4 heteroatoms. The predicted molar refractivity (Wildman–Crippen MR) is 346 cm³/mol. The number of nitrogens with zero attached hydrogens (tertiary/aromatic N) is 3. The fourth-order valence-electron chi connectivity index (χ4n) is 7.21. The van der Waals surface area contributed by atoms with Gasteiger partial charge in [-0.1, -0.05) is 256 Å². The van der Waals surface area contributed by atoms with Gasteiger partial charge in [0.05, 0.1) is 34.9 Å². The van der Waals surface area contributed by atoms with Gasteiger partial charge in [0.2, 0.25) is 0 Å². The summed E-state index contributed by atoms with van der Waals surface area (Å²) < 4.78 is 12.1. The molecule has 0 heterocycles. The van der Waals surface area contributed by atoms with E-state index in [1.165, 1.54) is 73.3 Å². The van der Waals surface area contributed by atoms with E-state index in [0.717, 1.165) is 33.4 Å². The van der Waals surface area contributed by atoms with Crippen LogP contribution in [-0.2, 0) is 10.8 Å². The number of rotatable bonds is 0. The van der Waals surface area contributed by atoms with E-state index < -0.39 is 0 Å². The van der Waals surface area contributed by atoms with Gasteiger partial charge in [-0.15, -0.1) is 0 Å². The molecule has 3 nitrogen and oxygen atoms in total. The van der Waals surface area contributed by atoms with Crippen molar-refractivity contribution in [3.8, 4) is 18.2 Å². The van der Waals surface area contributed by atoms with Crippen LogP contribution in [-0.4, -0.2) is 0 Å². The number of halogens is 1. The fourth-order valence-corrected chi connectivity index (χ4v) is 7.21. The van der Waals surface area contributed by atoms with Gasteiger partial charge in [0.15, 0.2) is 0 Å². The molecular weight excluding hydrogens is 986 g/mol. The summed E-state index contributed by atoms with van der Waals surface area (Å²) in [7, 11) is 0. The third-order valence-electron chi connectivity index (χ3n) is 12.3. The van der Waals surface area contributed by atoms with Crippen molar-refractivity contribution in [2.24, 2.45) is 0 Å². The average molecular weight is 1080 g/mol. The minimum Gasteiger partial charge on any atom is -0.207 e. The molecule has 0 aliphatic carbocycles. The lowest BCUT2D eigenvalue weighted by Crippen LogP contribution is -2.12. The van der Waals surface area contributed by atoms with Crippen LogP contribution < -0.4 is 0 Å². The maximum absolute atomic E-state index is 12.1. The van der Waals surface area contributed by atoms with Crippen LogP contribution in [0.15, 0.2) is 218 Å². The number of benzene rings is 9. The Labute approximate surface area is 490 Å². The van der Waals surface area contributed by atoms with E-state index in [2.05, 4.69) is 236 Å². The van der Waals surface area contributed by atoms with Crippen molar-refractivity contribution in [3.05, 3.63) is 319 Å². The highest BCUT2D eigenvalue weighted by atomic mass is 19.1. The molecule has 9 aromatic rings. The van der Waals surface area contributed by atoms with Crippen molar-refractivity contribution in [3.63, 3.8) is 0 Å². The zero-order valence-corrected chi connectivity index (χ0v) is 52.0. The number of aryl methyl sites for hydroxylation is 12. The van der Waals surface area contributed by atoms with E-state index in [4.69, 9.17) is 15.8 Å². The minimum absolute atomic E-state index is 0.171. The first-order valence-electron chi connectivity index (χ1n) is 27.5. The first kappa shape index (κ1) is 70.4. The van der Waals surface area contributed by atoms with Crippen LogP contribution in [0.25, 0.3) is 0 Å². The Morgan fingerprint density at radius 1 is 0.284 bits per heavy atom. The second-order valence-corrected chi connectivity index (χ2v) is 22.3. The van der Waals surface area contributed by atoms with E-state index in [1.54, 1.807) is 18.2 Å². The lowest BCUT2D eigenvalue weighted by atomic mass is 9.84. The van der Waals surface area contributed by atoms with Crippen LogP contribution in [0.5, 0.6) is 0 Å². The van der Waals surface area contributed by atoms with Crippen molar-refractivity contribution in [2.75, 3.05) is 0 Å². The van der Waals surface area contributed by atoms with Gasteiger partial charge < -0.3 is 0 Å². The molecule has 0 atom stereocenters. The van der Waals surface area contributed by atoms with Crippen molar-refractivity contribution in [2.45, 2.75) is 135 Å². The summed E-state index contributed by atoms with van der Waals surface area (Å²) in [5.74, 6) is -0.171. The van der Waals surface area contributed by atoms with E-state index in [9.17, 15) is 4.39 Å². The number of hydrogen-bond acceptors (Lipinski definition) is 3. The Bertz CT molecular complexity index is 3190. The van der Waals surface area contributed by atoms with E-state index in [1.807, 2.05) is 94.4 Å². The summed E-state index contributed by atoms with van der Waals surface area (Å²) in [5, 5.41) is 25.3. The Kier molecular flexibility index (Phi) is 33.1. The topological polar surface area (TPSA) is 71.4 Å². The second-order valence-electron chi connectivity index (χ2n) is 22.3. The first-order valence-corrected chi connectivity index (χ1v) is 27.5. The molecule has 0 saturated heterocycles. The smallest absolute Gasteiger partial charge is 0.123 e. The van der Waals surface area contributed by atoms with Gasteiger partial charge in [0.1, 0.15) is 5.82 Å². The molecule has 0 N–H and O–H groups in total. The zero-order chi connectivity index (χ0) is 61.0. The van der Waals surface area contributed by atoms with Gasteiger partial charge in [-0.3, -0.25) is 0 Å². The molecule has 9 aromatic carbocycles. The van der Waals surface area contributed by atoms with Gasteiger partial charge in [-0.2, -0.15) is 15.8 Å². The van der Waals surface area contributed by atoms with E-state index in [0.29, 0.717) is 0 Å². The maximum Gasteiger partial charge on any atom is 0.123 e. The van der Waals surface area contributed by atoms with Crippen molar-refractivity contribution in [1.29, 1.82) is 15.8 Å². The molecule has 0 fully saturated rings. The largest absolute Gasteiger partial charge is 0.207 e. The molecule has 420 valence electrons. The molecule has 9 rings (SSSR count). The van der Waals surface area contributed by atoms with Gasteiger partial charge in [0, 0.05) is 0 Å². The average Bonchev–Trinajstić information content (AvgIpc) is 3.44. The summed E-state index contributed by atoms with van der Waals surface area (Å²) in [6, 6.07) is 77.7. The Balaban J connectivity index is 0.000000457. The number of hydrogen-bond donors (Lipinski definition) is 0. The zero-order valence-electron chi connectivity index (χ0n) is 52.0. The summed E-state index contributed by atoms with van der Waals surface area (Å²) >= 11 is 0. The number of nitriles is 3. The third-order valence-corrected chi connectivity index (χ3v) is 12.3. The van der Waals surface area contributed by atoms with Gasteiger partial charge in [0.25, 0.3) is 0 Å². The molecule has 0 aliphatic rings. The molecule has 0 spiro atoms. The molecule has 81 heavy (non-hydrogen) atoms. The van der Waals surface area contributed by atoms with Crippen LogP contribution in [0.2, 0.25) is 0 Å². The van der Waals surface area contributed by atoms with Crippen molar-refractivity contribution >= 4 is 0 Å². The summed E-state index contributed by atoms with van der Waals surface area (Å²) in [4.78, 5) is 0. The molecule has 0 aromatic heterocycles. The van der Waals surface area contributed by atoms with Crippen LogP contribution in [0.4, 0.5) is 4.39 Å². The van der Waals surface area contributed by atoms with Gasteiger partial charge >= 0.3 is 0 Å². The quantitative estimate of drug-likeness (QED) is 0.152. The monoisotopic (exact) mass is 1080 g/mol. The lowest BCUT2D eigenvalue weighted by Gasteiger charge is -2.21. The highest BCUT2D eigenvalue weighted by Gasteiger charge is 2.14. The lowest BCUT2D eigenvalue weighted by molar-refractivity contribution is 0.586. The Hall–Kier alpha value is -8.62. The van der Waals surface area contributed by atoms with Crippen LogP contribution in [0, 0.1) is 123 Å². The van der Waals surface area contributed by atoms with Crippen molar-refractivity contribution < 1.29 is 4.39 Å². The Morgan fingerprint density at radius 2 is 0.642 bits per heavy atom. The molecule has 0 amide bonds. The molecule has 0 radical (unpaired) electrons. The molecule has 0 bridgehead atoms. The van der Waals surface area contributed by atoms with Crippen molar-refractivity contribution in [1.82, 2.24) is 0 Å². The van der Waals surface area contributed by atoms with E-state index in [-0.39, 0.29) is 16.6 Å². The molecule has 0 aliphatic heterocycles. The molecule has 0 saturated carbocycles. The fraction of sp³-hybridized carbons (Fsp3) is 0.260. The second kappa shape index (κ2) is 38.1. The summed E-state index contributed by atoms with van der Waals surface area (Å²) in [6.45, 7) is 38.2. The third kappa shape index (κ3) is 32.8. The SMILES string of the molecule is Cc1ccc(C#N)cc1.Cc1ccc(C)cc1.Cc1ccc(F)cc1.Cc1cccc(C#N)c1.Cc1cccc(C(C)(C)C)c1.Cc1cccc(C)c1.Cc1ccccc1C.Cc1ccccc1C#N.Cc1ccccc1C(C)(C)C. The van der Waals surface area contributed by atoms with Crippen LogP contribution >= 0.6 is 0 Å². The van der Waals surface area contributed by atoms with Gasteiger partial charge in [-0.05, 0) is 175 Å². The minimum atomic E-state index is -0.171. The predicted octanol–water partition coefficient (Wildman–Crippen LogP) is 21.2. The standard InChI is InChI=1S/2C11H16.3C8H7N.3C8H10.C7H7F/c1-9-6-5-7-10(8-9)11(2,3)4;1-9-7-5-6-8-10(9)11(2,3)4;1-7-2-4-8(6-9)5-3-7;1-7-3-2-4-8(5-7)6-9;1-7-4-2-3-5-8(7)6-9;1-7-3-5-8(2)6-4-7;1-7-4-3-5-8(2)6-7;1-7-5-3-4-6-8(7)2;1-6-2-4-7(8)5-3-6/h2*5-8H,1-4H3;3*2-5H,1H3;3*3-6H,1-2H3;2-5H,1H3. The first-order chi connectivity index (χ1) is 38.2. The maximum atomic E-state index is 12.1. The van der Waals surface area contributed by atoms with Crippen LogP contribution in [0.3, 0.4) is 0 Å². The molecular formula is C77H90FN3. The normalized spacial score (nSPS) is 9.63. The summed E-state index contributed by atoms with van der Waals surface area (Å²) in [6.07, 6.45) is 0. The Morgan fingerprint density at radius 3 is 0.926 bits per heavy atom. The highest BCUT2D eigenvalue weighted by molar-refractivity contribution is 5.36. The van der Waals surface area contributed by atoms with E-state index >= 15 is 0 Å². The highest BCUT2D eigenvalue weighted by Crippen LogP contribution is 2.25. The summed E-state index contributed by atoms with van der Waals surface area (Å²) in [5.41, 5.74) is 20.9. The van der Waals surface area contributed by atoms with Crippen LogP contribution in [0.1, 0.15) is 136 Å².